The summed E-state index contributed by atoms with van der Waals surface area (Å²) in [5.41, 5.74) is -0.705. The second kappa shape index (κ2) is 7.02. The maximum atomic E-state index is 13.8. The number of amides is 2. The maximum absolute atomic E-state index is 13.8. The van der Waals surface area contributed by atoms with Crippen LogP contribution in [-0.2, 0) is 9.59 Å². The molecule has 1 aromatic carbocycles. The summed E-state index contributed by atoms with van der Waals surface area (Å²) < 4.78 is 13.8. The Balaban J connectivity index is 2.88. The van der Waals surface area contributed by atoms with E-state index in [1.807, 2.05) is 0 Å². The number of carbonyl (C=O) groups is 3. The summed E-state index contributed by atoms with van der Waals surface area (Å²) in [6.45, 7) is 4.62. The zero-order valence-corrected chi connectivity index (χ0v) is 12.7. The number of carboxylic acid groups (broad SMARTS) is 1. The molecule has 0 aliphatic carbocycles. The summed E-state index contributed by atoms with van der Waals surface area (Å²) in [7, 11) is 0. The average molecular weight is 310 g/mol. The number of hydrogen-bond donors (Lipinski definition) is 3. The Bertz CT molecular complexity index is 599. The fourth-order valence-corrected chi connectivity index (χ4v) is 1.84. The SMILES string of the molecule is CC(=O)Nc1ccc(F)c(C(=O)NC(C)(C)CCC(=O)O)c1. The van der Waals surface area contributed by atoms with Crippen molar-refractivity contribution in [1.82, 2.24) is 5.32 Å². The summed E-state index contributed by atoms with van der Waals surface area (Å²) in [6, 6.07) is 3.67. The Kier molecular flexibility index (Phi) is 5.62. The Morgan fingerprint density at radius 1 is 1.27 bits per heavy atom. The van der Waals surface area contributed by atoms with Crippen LogP contribution in [0.15, 0.2) is 18.2 Å². The number of halogens is 1. The molecule has 120 valence electrons. The molecule has 0 saturated carbocycles. The number of benzene rings is 1. The molecule has 0 heterocycles. The molecule has 0 fully saturated rings. The van der Waals surface area contributed by atoms with E-state index in [9.17, 15) is 18.8 Å². The summed E-state index contributed by atoms with van der Waals surface area (Å²) in [5.74, 6) is -2.69. The van der Waals surface area contributed by atoms with Crippen molar-refractivity contribution in [2.45, 2.75) is 39.2 Å². The van der Waals surface area contributed by atoms with Gasteiger partial charge in [0.15, 0.2) is 0 Å². The van der Waals surface area contributed by atoms with Gasteiger partial charge in [0, 0.05) is 24.6 Å². The van der Waals surface area contributed by atoms with E-state index in [2.05, 4.69) is 10.6 Å². The van der Waals surface area contributed by atoms with Crippen LogP contribution in [0.5, 0.6) is 0 Å². The summed E-state index contributed by atoms with van der Waals surface area (Å²) in [4.78, 5) is 33.7. The molecule has 0 aliphatic heterocycles. The minimum Gasteiger partial charge on any atom is -0.481 e. The van der Waals surface area contributed by atoms with Gasteiger partial charge in [0.2, 0.25) is 5.91 Å². The van der Waals surface area contributed by atoms with Crippen LogP contribution in [-0.4, -0.2) is 28.4 Å². The third-order valence-electron chi connectivity index (χ3n) is 2.95. The monoisotopic (exact) mass is 310 g/mol. The van der Waals surface area contributed by atoms with Crippen molar-refractivity contribution in [3.63, 3.8) is 0 Å². The molecule has 2 amide bonds. The number of nitrogens with one attached hydrogen (secondary N) is 2. The first-order valence-corrected chi connectivity index (χ1v) is 6.72. The smallest absolute Gasteiger partial charge is 0.303 e. The molecular formula is C15H19FN2O4. The van der Waals surface area contributed by atoms with Crippen LogP contribution in [0.1, 0.15) is 44.0 Å². The molecule has 1 aromatic rings. The third-order valence-corrected chi connectivity index (χ3v) is 2.95. The molecule has 0 bridgehead atoms. The predicted molar refractivity (Wildman–Crippen MR) is 79.1 cm³/mol. The minimum atomic E-state index is -0.971. The highest BCUT2D eigenvalue weighted by Gasteiger charge is 2.24. The molecule has 0 saturated heterocycles. The van der Waals surface area contributed by atoms with Gasteiger partial charge in [0.05, 0.1) is 5.56 Å². The van der Waals surface area contributed by atoms with E-state index < -0.39 is 23.2 Å². The van der Waals surface area contributed by atoms with Crippen molar-refractivity contribution in [2.24, 2.45) is 0 Å². The van der Waals surface area contributed by atoms with E-state index in [0.29, 0.717) is 5.69 Å². The van der Waals surface area contributed by atoms with Gasteiger partial charge in [0.25, 0.3) is 5.91 Å². The highest BCUT2D eigenvalue weighted by molar-refractivity contribution is 5.97. The van der Waals surface area contributed by atoms with Crippen molar-refractivity contribution >= 4 is 23.5 Å². The third kappa shape index (κ3) is 5.51. The second-order valence-electron chi connectivity index (χ2n) is 5.61. The molecule has 0 aromatic heterocycles. The molecule has 22 heavy (non-hydrogen) atoms. The maximum Gasteiger partial charge on any atom is 0.303 e. The van der Waals surface area contributed by atoms with Crippen LogP contribution in [0.3, 0.4) is 0 Å². The molecular weight excluding hydrogens is 291 g/mol. The van der Waals surface area contributed by atoms with E-state index in [1.54, 1.807) is 13.8 Å². The Labute approximate surface area is 127 Å². The van der Waals surface area contributed by atoms with Gasteiger partial charge in [-0.15, -0.1) is 0 Å². The Hall–Kier alpha value is -2.44. The number of anilines is 1. The molecule has 6 nitrogen and oxygen atoms in total. The lowest BCUT2D eigenvalue weighted by Gasteiger charge is -2.25. The fourth-order valence-electron chi connectivity index (χ4n) is 1.84. The van der Waals surface area contributed by atoms with E-state index >= 15 is 0 Å². The lowest BCUT2D eigenvalue weighted by atomic mass is 9.97. The first-order chi connectivity index (χ1) is 10.1. The lowest BCUT2D eigenvalue weighted by Crippen LogP contribution is -2.44. The predicted octanol–water partition coefficient (Wildman–Crippen LogP) is 2.16. The second-order valence-corrected chi connectivity index (χ2v) is 5.61. The van der Waals surface area contributed by atoms with Crippen LogP contribution in [0.4, 0.5) is 10.1 Å². The number of carboxylic acids is 1. The number of aliphatic carboxylic acids is 1. The summed E-state index contributed by atoms with van der Waals surface area (Å²) in [6.07, 6.45) is 0.1000. The molecule has 0 atom stereocenters. The van der Waals surface area contributed by atoms with Crippen molar-refractivity contribution in [2.75, 3.05) is 5.32 Å². The van der Waals surface area contributed by atoms with Gasteiger partial charge in [-0.3, -0.25) is 14.4 Å². The van der Waals surface area contributed by atoms with Gasteiger partial charge in [-0.2, -0.15) is 0 Å². The van der Waals surface area contributed by atoms with Crippen LogP contribution < -0.4 is 10.6 Å². The lowest BCUT2D eigenvalue weighted by molar-refractivity contribution is -0.137. The minimum absolute atomic E-state index is 0.109. The first-order valence-electron chi connectivity index (χ1n) is 6.72. The van der Waals surface area contributed by atoms with Gasteiger partial charge in [-0.1, -0.05) is 0 Å². The molecule has 0 aliphatic rings. The largest absolute Gasteiger partial charge is 0.481 e. The van der Waals surface area contributed by atoms with Gasteiger partial charge < -0.3 is 15.7 Å². The topological polar surface area (TPSA) is 95.5 Å². The van der Waals surface area contributed by atoms with Gasteiger partial charge in [0.1, 0.15) is 5.82 Å². The quantitative estimate of drug-likeness (QED) is 0.750. The summed E-state index contributed by atoms with van der Waals surface area (Å²) in [5, 5.41) is 13.7. The van der Waals surface area contributed by atoms with Crippen LogP contribution >= 0.6 is 0 Å². The average Bonchev–Trinajstić information content (AvgIpc) is 2.37. The van der Waals surface area contributed by atoms with E-state index in [-0.39, 0.29) is 24.3 Å². The molecule has 7 heteroatoms. The normalized spacial score (nSPS) is 10.9. The Morgan fingerprint density at radius 3 is 2.45 bits per heavy atom. The van der Waals surface area contributed by atoms with E-state index in [0.717, 1.165) is 6.07 Å². The first kappa shape index (κ1) is 17.6. The molecule has 0 radical (unpaired) electrons. The highest BCUT2D eigenvalue weighted by atomic mass is 19.1. The molecule has 1 rings (SSSR count). The van der Waals surface area contributed by atoms with Gasteiger partial charge >= 0.3 is 5.97 Å². The fraction of sp³-hybridized carbons (Fsp3) is 0.400. The Morgan fingerprint density at radius 2 is 1.91 bits per heavy atom. The standard InChI is InChI=1S/C15H19FN2O4/c1-9(19)17-10-4-5-12(16)11(8-10)14(22)18-15(2,3)7-6-13(20)21/h4-5,8H,6-7H2,1-3H3,(H,17,19)(H,18,22)(H,20,21). The van der Waals surface area contributed by atoms with Crippen LogP contribution in [0, 0.1) is 5.82 Å². The highest BCUT2D eigenvalue weighted by Crippen LogP contribution is 2.17. The van der Waals surface area contributed by atoms with E-state index in [1.165, 1.54) is 19.1 Å². The zero-order chi connectivity index (χ0) is 16.9. The van der Waals surface area contributed by atoms with Crippen LogP contribution in [0.2, 0.25) is 0 Å². The number of carbonyl (C=O) groups excluding carboxylic acids is 2. The van der Waals surface area contributed by atoms with Crippen LogP contribution in [0.25, 0.3) is 0 Å². The van der Waals surface area contributed by atoms with Gasteiger partial charge in [-0.05, 0) is 38.5 Å². The molecule has 3 N–H and O–H groups in total. The van der Waals surface area contributed by atoms with Gasteiger partial charge in [-0.25, -0.2) is 4.39 Å². The zero-order valence-electron chi connectivity index (χ0n) is 12.7. The number of hydrogen-bond acceptors (Lipinski definition) is 3. The van der Waals surface area contributed by atoms with Crippen molar-refractivity contribution in [3.8, 4) is 0 Å². The van der Waals surface area contributed by atoms with E-state index in [4.69, 9.17) is 5.11 Å². The summed E-state index contributed by atoms with van der Waals surface area (Å²) >= 11 is 0. The van der Waals surface area contributed by atoms with Crippen molar-refractivity contribution in [1.29, 1.82) is 0 Å². The van der Waals surface area contributed by atoms with Crippen molar-refractivity contribution in [3.05, 3.63) is 29.6 Å². The number of rotatable bonds is 6. The molecule has 0 unspecified atom stereocenters. The van der Waals surface area contributed by atoms with Crippen molar-refractivity contribution < 1.29 is 23.9 Å². The molecule has 0 spiro atoms.